The molecule has 3 N–H and O–H groups in total. The molecule has 1 atom stereocenters. The highest BCUT2D eigenvalue weighted by Crippen LogP contribution is 2.40. The highest BCUT2D eigenvalue weighted by molar-refractivity contribution is 7.59. The molecule has 0 aliphatic rings. The number of nitrogens with one attached hydrogen (secondary N) is 1. The molecule has 4 aromatic rings. The van der Waals surface area contributed by atoms with E-state index in [9.17, 15) is 4.79 Å². The standard InChI is InChI=1S/C26H27ClFN5O3.H2S/c1-13(2)36-23-18(14(3)25-31-15(4)22-24(29)30-10-11-33(22)25)12-19(27)21(28)20(23)26(34)32-16-6-8-17(35-5)9-7-16;/h6-14H,1-5H3,(H2,29,30)(H,32,34);1H2/t14-;/m0./s1. The fraction of sp³-hybridized carbons (Fsp3) is 0.269. The summed E-state index contributed by atoms with van der Waals surface area (Å²) in [7, 11) is 1.54. The molecule has 0 unspecified atom stereocenters. The van der Waals surface area contributed by atoms with Crippen LogP contribution < -0.4 is 20.5 Å². The Balaban J connectivity index is 0.00000380. The zero-order valence-electron chi connectivity index (χ0n) is 21.1. The number of nitrogens with zero attached hydrogens (tertiary/aromatic N) is 3. The van der Waals surface area contributed by atoms with Crippen LogP contribution in [0.2, 0.25) is 5.02 Å². The van der Waals surface area contributed by atoms with Gasteiger partial charge in [-0.2, -0.15) is 13.5 Å². The van der Waals surface area contributed by atoms with Crippen LogP contribution >= 0.6 is 25.1 Å². The number of rotatable bonds is 7. The molecule has 0 aliphatic carbocycles. The molecule has 196 valence electrons. The van der Waals surface area contributed by atoms with E-state index in [1.807, 2.05) is 18.2 Å². The van der Waals surface area contributed by atoms with Crippen LogP contribution in [-0.2, 0) is 0 Å². The monoisotopic (exact) mass is 545 g/mol. The van der Waals surface area contributed by atoms with Gasteiger partial charge in [0.05, 0.1) is 23.9 Å². The molecule has 0 radical (unpaired) electrons. The van der Waals surface area contributed by atoms with Crippen LogP contribution in [0, 0.1) is 12.7 Å². The molecular weight excluding hydrogens is 517 g/mol. The van der Waals surface area contributed by atoms with Crippen molar-refractivity contribution in [2.45, 2.75) is 39.7 Å². The number of imidazole rings is 1. The van der Waals surface area contributed by atoms with E-state index in [1.54, 1.807) is 57.6 Å². The Hall–Kier alpha value is -3.50. The van der Waals surface area contributed by atoms with E-state index in [0.717, 1.165) is 0 Å². The van der Waals surface area contributed by atoms with Crippen molar-refractivity contribution >= 4 is 48.0 Å². The SMILES string of the molecule is COc1ccc(NC(=O)c2c(F)c(Cl)cc([C@H](C)c3nc(C)c4c(N)nccn34)c2OC(C)C)cc1.S. The van der Waals surface area contributed by atoms with Gasteiger partial charge in [-0.25, -0.2) is 14.4 Å². The number of halogens is 2. The predicted molar refractivity (Wildman–Crippen MR) is 148 cm³/mol. The summed E-state index contributed by atoms with van der Waals surface area (Å²) in [6, 6.07) is 8.17. The van der Waals surface area contributed by atoms with E-state index < -0.39 is 17.6 Å². The lowest BCUT2D eigenvalue weighted by molar-refractivity contribution is 0.101. The Morgan fingerprint density at radius 2 is 1.89 bits per heavy atom. The minimum Gasteiger partial charge on any atom is -0.497 e. The number of hydrogen-bond acceptors (Lipinski definition) is 6. The second kappa shape index (κ2) is 11.3. The minimum absolute atomic E-state index is 0. The Morgan fingerprint density at radius 3 is 2.51 bits per heavy atom. The minimum atomic E-state index is -0.869. The zero-order valence-corrected chi connectivity index (χ0v) is 22.9. The third-order valence-corrected chi connectivity index (χ3v) is 6.04. The molecule has 4 rings (SSSR count). The number of nitrogen functional groups attached to an aromatic ring is 1. The molecule has 2 aromatic carbocycles. The first kappa shape index (κ1) is 28.1. The van der Waals surface area contributed by atoms with Crippen molar-refractivity contribution in [3.63, 3.8) is 0 Å². The maximum absolute atomic E-state index is 15.4. The van der Waals surface area contributed by atoms with Crippen LogP contribution in [0.15, 0.2) is 42.7 Å². The molecular formula is C26H29ClFN5O3S. The molecule has 0 bridgehead atoms. The maximum atomic E-state index is 15.4. The topological polar surface area (TPSA) is 104 Å². The number of ether oxygens (including phenoxy) is 2. The zero-order chi connectivity index (χ0) is 26.1. The quantitative estimate of drug-likeness (QED) is 0.307. The molecule has 0 saturated heterocycles. The van der Waals surface area contributed by atoms with E-state index >= 15 is 4.39 Å². The molecule has 11 heteroatoms. The average molecular weight is 546 g/mol. The largest absolute Gasteiger partial charge is 0.497 e. The van der Waals surface area contributed by atoms with Crippen molar-refractivity contribution in [3.8, 4) is 11.5 Å². The Labute approximate surface area is 226 Å². The van der Waals surface area contributed by atoms with E-state index in [4.69, 9.17) is 31.8 Å². The van der Waals surface area contributed by atoms with Crippen LogP contribution in [0.1, 0.15) is 54.1 Å². The lowest BCUT2D eigenvalue weighted by Crippen LogP contribution is -2.20. The number of aryl methyl sites for hydroxylation is 1. The number of anilines is 2. The third-order valence-electron chi connectivity index (χ3n) is 5.77. The number of carbonyl (C=O) groups is 1. The van der Waals surface area contributed by atoms with Crippen molar-refractivity contribution < 1.29 is 18.7 Å². The number of methoxy groups -OCH3 is 1. The van der Waals surface area contributed by atoms with Crippen molar-refractivity contribution in [1.29, 1.82) is 0 Å². The molecule has 2 aromatic heterocycles. The summed E-state index contributed by atoms with van der Waals surface area (Å²) in [4.78, 5) is 22.2. The van der Waals surface area contributed by atoms with E-state index in [2.05, 4.69) is 10.3 Å². The highest BCUT2D eigenvalue weighted by atomic mass is 35.5. The summed E-state index contributed by atoms with van der Waals surface area (Å²) in [5.74, 6) is -0.311. The van der Waals surface area contributed by atoms with Gasteiger partial charge in [-0.1, -0.05) is 18.5 Å². The smallest absolute Gasteiger partial charge is 0.262 e. The van der Waals surface area contributed by atoms with Crippen molar-refractivity contribution in [1.82, 2.24) is 14.4 Å². The number of fused-ring (bicyclic) bond motifs is 1. The fourth-order valence-corrected chi connectivity index (χ4v) is 4.31. The fourth-order valence-electron chi connectivity index (χ4n) is 4.10. The van der Waals surface area contributed by atoms with Crippen molar-refractivity contribution in [3.05, 3.63) is 76.2 Å². The van der Waals surface area contributed by atoms with Crippen molar-refractivity contribution in [2.24, 2.45) is 0 Å². The predicted octanol–water partition coefficient (Wildman–Crippen LogP) is 5.73. The Kier molecular flexibility index (Phi) is 8.55. The lowest BCUT2D eigenvalue weighted by Gasteiger charge is -2.22. The van der Waals surface area contributed by atoms with Gasteiger partial charge in [0.2, 0.25) is 0 Å². The molecule has 1 amide bonds. The van der Waals surface area contributed by atoms with Gasteiger partial charge in [0, 0.05) is 29.6 Å². The van der Waals surface area contributed by atoms with E-state index in [-0.39, 0.29) is 35.9 Å². The molecule has 0 fully saturated rings. The van der Waals surface area contributed by atoms with Crippen LogP contribution in [0.3, 0.4) is 0 Å². The maximum Gasteiger partial charge on any atom is 0.262 e. The molecule has 37 heavy (non-hydrogen) atoms. The molecule has 2 heterocycles. The molecule has 0 spiro atoms. The summed E-state index contributed by atoms with van der Waals surface area (Å²) >= 11 is 6.31. The first-order chi connectivity index (χ1) is 17.1. The van der Waals surface area contributed by atoms with Crippen molar-refractivity contribution in [2.75, 3.05) is 18.2 Å². The number of nitrogens with two attached hydrogens (primary N) is 1. The second-order valence-corrected chi connectivity index (χ2v) is 9.03. The summed E-state index contributed by atoms with van der Waals surface area (Å²) in [5.41, 5.74) is 8.14. The first-order valence-corrected chi connectivity index (χ1v) is 11.7. The van der Waals surface area contributed by atoms with Crippen LogP contribution in [0.5, 0.6) is 11.5 Å². The third kappa shape index (κ3) is 5.45. The number of aromatic nitrogens is 3. The van der Waals surface area contributed by atoms with Gasteiger partial charge in [0.1, 0.15) is 34.2 Å². The number of hydrogen-bond donors (Lipinski definition) is 2. The average Bonchev–Trinajstić information content (AvgIpc) is 3.18. The van der Waals surface area contributed by atoms with Crippen LogP contribution in [0.4, 0.5) is 15.9 Å². The molecule has 0 saturated carbocycles. The second-order valence-electron chi connectivity index (χ2n) is 8.62. The van der Waals surface area contributed by atoms with Gasteiger partial charge < -0.3 is 20.5 Å². The lowest BCUT2D eigenvalue weighted by atomic mass is 9.95. The van der Waals surface area contributed by atoms with Gasteiger partial charge in [0.25, 0.3) is 5.91 Å². The Bertz CT molecular complexity index is 1440. The van der Waals surface area contributed by atoms with Gasteiger partial charge in [-0.15, -0.1) is 0 Å². The summed E-state index contributed by atoms with van der Waals surface area (Å²) in [6.07, 6.45) is 2.99. The summed E-state index contributed by atoms with van der Waals surface area (Å²) in [6.45, 7) is 7.31. The highest BCUT2D eigenvalue weighted by Gasteiger charge is 2.30. The normalized spacial score (nSPS) is 11.8. The van der Waals surface area contributed by atoms with E-state index in [0.29, 0.717) is 39.9 Å². The molecule has 0 aliphatic heterocycles. The van der Waals surface area contributed by atoms with Gasteiger partial charge in [0.15, 0.2) is 5.82 Å². The number of benzene rings is 2. The van der Waals surface area contributed by atoms with Crippen LogP contribution in [0.25, 0.3) is 5.52 Å². The Morgan fingerprint density at radius 1 is 1.22 bits per heavy atom. The summed E-state index contributed by atoms with van der Waals surface area (Å²) < 4.78 is 28.4. The van der Waals surface area contributed by atoms with Gasteiger partial charge in [-0.05, 0) is 51.1 Å². The van der Waals surface area contributed by atoms with Gasteiger partial charge >= 0.3 is 0 Å². The number of carbonyl (C=O) groups excluding carboxylic acids is 1. The number of amides is 1. The first-order valence-electron chi connectivity index (χ1n) is 11.3. The van der Waals surface area contributed by atoms with Crippen LogP contribution in [-0.4, -0.2) is 33.5 Å². The van der Waals surface area contributed by atoms with E-state index in [1.165, 1.54) is 6.07 Å². The van der Waals surface area contributed by atoms with Gasteiger partial charge in [-0.3, -0.25) is 9.20 Å². The molecule has 8 nitrogen and oxygen atoms in total. The summed E-state index contributed by atoms with van der Waals surface area (Å²) in [5, 5.41) is 2.52.